The Kier molecular flexibility index (Phi) is 3.47. The lowest BCUT2D eigenvalue weighted by atomic mass is 10.2. The molecule has 0 aliphatic carbocycles. The summed E-state index contributed by atoms with van der Waals surface area (Å²) in [6.45, 7) is 0.230. The van der Waals surface area contributed by atoms with E-state index < -0.39 is 0 Å². The third kappa shape index (κ3) is 2.72. The second-order valence-corrected chi connectivity index (χ2v) is 5.04. The van der Waals surface area contributed by atoms with E-state index in [4.69, 9.17) is 15.2 Å². The molecular weight excluding hydrogens is 308 g/mol. The molecule has 3 aromatic rings. The Morgan fingerprint density at radius 2 is 1.75 bits per heavy atom. The zero-order valence-electron chi connectivity index (χ0n) is 12.6. The van der Waals surface area contributed by atoms with Crippen molar-refractivity contribution in [2.24, 2.45) is 0 Å². The molecule has 8 nitrogen and oxygen atoms in total. The molecule has 0 fully saturated rings. The summed E-state index contributed by atoms with van der Waals surface area (Å²) >= 11 is 0. The number of hydrogen-bond donors (Lipinski definition) is 3. The zero-order valence-corrected chi connectivity index (χ0v) is 12.6. The lowest BCUT2D eigenvalue weighted by molar-refractivity contribution is 0.174. The fourth-order valence-electron chi connectivity index (χ4n) is 2.28. The van der Waals surface area contributed by atoms with Crippen LogP contribution in [0.25, 0.3) is 0 Å². The molecule has 120 valence electrons. The molecule has 0 saturated heterocycles. The SMILES string of the molecule is Nc1c(Nc2cccnc2)ncnc1Nc1ccc2c(c1)OCO2. The average molecular weight is 322 g/mol. The summed E-state index contributed by atoms with van der Waals surface area (Å²) in [6, 6.07) is 9.23. The summed E-state index contributed by atoms with van der Waals surface area (Å²) in [5.74, 6) is 2.40. The van der Waals surface area contributed by atoms with Crippen molar-refractivity contribution in [1.29, 1.82) is 0 Å². The quantitative estimate of drug-likeness (QED) is 0.673. The summed E-state index contributed by atoms with van der Waals surface area (Å²) in [5.41, 5.74) is 8.15. The second-order valence-electron chi connectivity index (χ2n) is 5.04. The Morgan fingerprint density at radius 3 is 2.54 bits per heavy atom. The maximum Gasteiger partial charge on any atom is 0.231 e. The standard InChI is InChI=1S/C16H14N6O2/c17-14-15(21-10-3-4-12-13(6-10)24-9-23-12)19-8-20-16(14)22-11-2-1-5-18-7-11/h1-8H,9,17H2,(H2,19,20,21,22). The molecule has 0 radical (unpaired) electrons. The highest BCUT2D eigenvalue weighted by Crippen LogP contribution is 2.36. The Bertz CT molecular complexity index is 872. The number of anilines is 5. The normalized spacial score (nSPS) is 12.0. The summed E-state index contributed by atoms with van der Waals surface area (Å²) < 4.78 is 10.7. The van der Waals surface area contributed by atoms with E-state index in [0.29, 0.717) is 23.1 Å². The van der Waals surface area contributed by atoms with Gasteiger partial charge in [-0.1, -0.05) is 0 Å². The van der Waals surface area contributed by atoms with Crippen molar-refractivity contribution in [3.63, 3.8) is 0 Å². The van der Waals surface area contributed by atoms with Crippen LogP contribution in [0.3, 0.4) is 0 Å². The number of aromatic nitrogens is 3. The molecule has 4 N–H and O–H groups in total. The van der Waals surface area contributed by atoms with Gasteiger partial charge in [0.2, 0.25) is 6.79 Å². The number of fused-ring (bicyclic) bond motifs is 1. The van der Waals surface area contributed by atoms with Gasteiger partial charge in [0.25, 0.3) is 0 Å². The first-order chi connectivity index (χ1) is 11.8. The first kappa shape index (κ1) is 14.1. The molecule has 4 rings (SSSR count). The molecule has 24 heavy (non-hydrogen) atoms. The molecule has 0 amide bonds. The average Bonchev–Trinajstić information content (AvgIpc) is 3.07. The first-order valence-electron chi connectivity index (χ1n) is 7.24. The lowest BCUT2D eigenvalue weighted by Gasteiger charge is -2.12. The number of hydrogen-bond acceptors (Lipinski definition) is 8. The van der Waals surface area contributed by atoms with E-state index in [2.05, 4.69) is 25.6 Å². The Balaban J connectivity index is 1.58. The van der Waals surface area contributed by atoms with Crippen LogP contribution in [0.15, 0.2) is 49.1 Å². The van der Waals surface area contributed by atoms with Crippen molar-refractivity contribution in [1.82, 2.24) is 15.0 Å². The molecule has 0 saturated carbocycles. The highest BCUT2D eigenvalue weighted by Gasteiger charge is 2.14. The third-order valence-corrected chi connectivity index (χ3v) is 3.44. The van der Waals surface area contributed by atoms with Crippen LogP contribution in [-0.2, 0) is 0 Å². The van der Waals surface area contributed by atoms with Gasteiger partial charge in [-0.2, -0.15) is 0 Å². The van der Waals surface area contributed by atoms with Gasteiger partial charge < -0.3 is 25.8 Å². The lowest BCUT2D eigenvalue weighted by Crippen LogP contribution is -2.05. The minimum atomic E-state index is 0.230. The highest BCUT2D eigenvalue weighted by atomic mass is 16.7. The molecular formula is C16H14N6O2. The van der Waals surface area contributed by atoms with Crippen LogP contribution >= 0.6 is 0 Å². The van der Waals surface area contributed by atoms with E-state index in [1.165, 1.54) is 6.33 Å². The van der Waals surface area contributed by atoms with Crippen LogP contribution in [0, 0.1) is 0 Å². The second kappa shape index (κ2) is 5.92. The molecule has 3 heterocycles. The number of pyridine rings is 1. The predicted molar refractivity (Wildman–Crippen MR) is 89.8 cm³/mol. The van der Waals surface area contributed by atoms with Crippen molar-refractivity contribution < 1.29 is 9.47 Å². The third-order valence-electron chi connectivity index (χ3n) is 3.44. The maximum absolute atomic E-state index is 6.17. The van der Waals surface area contributed by atoms with Gasteiger partial charge in [-0.15, -0.1) is 0 Å². The van der Waals surface area contributed by atoms with Crippen molar-refractivity contribution in [2.45, 2.75) is 0 Å². The molecule has 0 spiro atoms. The van der Waals surface area contributed by atoms with Crippen LogP contribution in [-0.4, -0.2) is 21.7 Å². The first-order valence-corrected chi connectivity index (χ1v) is 7.24. The molecule has 0 bridgehead atoms. The molecule has 1 aliphatic heterocycles. The Morgan fingerprint density at radius 1 is 0.958 bits per heavy atom. The summed E-state index contributed by atoms with van der Waals surface area (Å²) in [7, 11) is 0. The zero-order chi connectivity index (χ0) is 16.4. The van der Waals surface area contributed by atoms with Crippen LogP contribution in [0.2, 0.25) is 0 Å². The number of ether oxygens (including phenoxy) is 2. The molecule has 1 aromatic carbocycles. The van der Waals surface area contributed by atoms with Crippen molar-refractivity contribution in [3.05, 3.63) is 49.1 Å². The number of nitrogens with one attached hydrogen (secondary N) is 2. The van der Waals surface area contributed by atoms with Gasteiger partial charge >= 0.3 is 0 Å². The van der Waals surface area contributed by atoms with Gasteiger partial charge in [0.05, 0.1) is 11.9 Å². The van der Waals surface area contributed by atoms with Gasteiger partial charge in [-0.25, -0.2) is 9.97 Å². The van der Waals surface area contributed by atoms with Crippen molar-refractivity contribution in [2.75, 3.05) is 23.2 Å². The Labute approximate surface area is 137 Å². The number of nitrogens with zero attached hydrogens (tertiary/aromatic N) is 3. The molecule has 2 aromatic heterocycles. The molecule has 8 heteroatoms. The molecule has 0 atom stereocenters. The predicted octanol–water partition coefficient (Wildman–Crippen LogP) is 2.67. The van der Waals surface area contributed by atoms with E-state index in [-0.39, 0.29) is 6.79 Å². The van der Waals surface area contributed by atoms with E-state index in [9.17, 15) is 0 Å². The Hall–Kier alpha value is -3.55. The van der Waals surface area contributed by atoms with E-state index in [1.54, 1.807) is 12.4 Å². The van der Waals surface area contributed by atoms with Gasteiger partial charge in [-0.05, 0) is 24.3 Å². The monoisotopic (exact) mass is 322 g/mol. The highest BCUT2D eigenvalue weighted by molar-refractivity contribution is 5.80. The summed E-state index contributed by atoms with van der Waals surface area (Å²) in [6.07, 6.45) is 4.82. The number of nitrogen functional groups attached to an aromatic ring is 1. The van der Waals surface area contributed by atoms with Crippen molar-refractivity contribution in [3.8, 4) is 11.5 Å². The molecule has 0 unspecified atom stereocenters. The summed E-state index contributed by atoms with van der Waals surface area (Å²) in [5, 5.41) is 6.28. The fraction of sp³-hybridized carbons (Fsp3) is 0.0625. The van der Waals surface area contributed by atoms with Gasteiger partial charge in [0.15, 0.2) is 23.1 Å². The van der Waals surface area contributed by atoms with Crippen molar-refractivity contribution >= 4 is 28.7 Å². The number of nitrogens with two attached hydrogens (primary N) is 1. The van der Waals surface area contributed by atoms with Gasteiger partial charge in [0.1, 0.15) is 12.0 Å². The van der Waals surface area contributed by atoms with E-state index in [1.807, 2.05) is 30.3 Å². The van der Waals surface area contributed by atoms with Crippen LogP contribution in [0.4, 0.5) is 28.7 Å². The minimum absolute atomic E-state index is 0.230. The minimum Gasteiger partial charge on any atom is -0.454 e. The van der Waals surface area contributed by atoms with E-state index >= 15 is 0 Å². The molecule has 1 aliphatic rings. The maximum atomic E-state index is 6.17. The topological polar surface area (TPSA) is 107 Å². The van der Waals surface area contributed by atoms with Gasteiger partial charge in [0, 0.05) is 18.0 Å². The number of benzene rings is 1. The van der Waals surface area contributed by atoms with Crippen LogP contribution in [0.1, 0.15) is 0 Å². The van der Waals surface area contributed by atoms with E-state index in [0.717, 1.165) is 17.1 Å². The fourth-order valence-corrected chi connectivity index (χ4v) is 2.28. The number of rotatable bonds is 4. The van der Waals surface area contributed by atoms with Crippen LogP contribution < -0.4 is 25.8 Å². The summed E-state index contributed by atoms with van der Waals surface area (Å²) in [4.78, 5) is 12.4. The van der Waals surface area contributed by atoms with Crippen LogP contribution in [0.5, 0.6) is 11.5 Å². The van der Waals surface area contributed by atoms with Gasteiger partial charge in [-0.3, -0.25) is 4.98 Å². The smallest absolute Gasteiger partial charge is 0.231 e. The largest absolute Gasteiger partial charge is 0.454 e.